The summed E-state index contributed by atoms with van der Waals surface area (Å²) < 4.78 is 79.5. The standard InChI is InChI=1S/C17H17F2NO4S2/c18-15-9-4-10-16(19)17(15)26(23,24)20-11-5-6-13(20)12-25(21,22)14-7-2-1-3-8-14/h1-4,7-10,13H,5-6,11-12H2. The Hall–Kier alpha value is -1.84. The molecule has 0 aromatic heterocycles. The molecule has 1 heterocycles. The third-order valence-electron chi connectivity index (χ3n) is 4.32. The van der Waals surface area contributed by atoms with Crippen LogP contribution in [0.5, 0.6) is 0 Å². The van der Waals surface area contributed by atoms with E-state index in [1.165, 1.54) is 12.1 Å². The number of hydrogen-bond donors (Lipinski definition) is 0. The van der Waals surface area contributed by atoms with E-state index in [0.29, 0.717) is 12.8 Å². The molecule has 0 bridgehead atoms. The SMILES string of the molecule is O=S(=O)(CC1CCCN1S(=O)(=O)c1c(F)cccc1F)c1ccccc1. The molecular weight excluding hydrogens is 384 g/mol. The van der Waals surface area contributed by atoms with Crippen molar-refractivity contribution in [2.24, 2.45) is 0 Å². The summed E-state index contributed by atoms with van der Waals surface area (Å²) in [7, 11) is -8.22. The van der Waals surface area contributed by atoms with E-state index >= 15 is 0 Å². The maximum absolute atomic E-state index is 14.0. The van der Waals surface area contributed by atoms with Crippen LogP contribution in [0.2, 0.25) is 0 Å². The monoisotopic (exact) mass is 401 g/mol. The highest BCUT2D eigenvalue weighted by molar-refractivity contribution is 7.91. The summed E-state index contributed by atoms with van der Waals surface area (Å²) in [5.41, 5.74) is 0. The largest absolute Gasteiger partial charge is 0.249 e. The van der Waals surface area contributed by atoms with E-state index < -0.39 is 48.2 Å². The number of rotatable bonds is 5. The molecule has 1 unspecified atom stereocenters. The van der Waals surface area contributed by atoms with Crippen molar-refractivity contribution in [3.05, 3.63) is 60.2 Å². The summed E-state index contributed by atoms with van der Waals surface area (Å²) in [6, 6.07) is 9.61. The second kappa shape index (κ2) is 7.05. The molecule has 0 radical (unpaired) electrons. The fourth-order valence-corrected chi connectivity index (χ4v) is 6.63. The second-order valence-electron chi connectivity index (χ2n) is 6.06. The summed E-state index contributed by atoms with van der Waals surface area (Å²) in [5.74, 6) is -2.82. The van der Waals surface area contributed by atoms with Crippen LogP contribution < -0.4 is 0 Å². The number of halogens is 2. The molecule has 3 rings (SSSR count). The Labute approximate surface area is 151 Å². The van der Waals surface area contributed by atoms with Gasteiger partial charge in [0.1, 0.15) is 11.6 Å². The number of sulfone groups is 1. The summed E-state index contributed by atoms with van der Waals surface area (Å²) in [6.45, 7) is 0.0189. The van der Waals surface area contributed by atoms with E-state index in [1.54, 1.807) is 18.2 Å². The molecule has 1 aliphatic heterocycles. The molecule has 2 aromatic carbocycles. The average Bonchev–Trinajstić information content (AvgIpc) is 3.03. The fraction of sp³-hybridized carbons (Fsp3) is 0.294. The van der Waals surface area contributed by atoms with Gasteiger partial charge in [0.2, 0.25) is 10.0 Å². The lowest BCUT2D eigenvalue weighted by atomic mass is 10.3. The summed E-state index contributed by atoms with van der Waals surface area (Å²) in [5, 5.41) is 0. The van der Waals surface area contributed by atoms with Crippen LogP contribution in [-0.2, 0) is 19.9 Å². The van der Waals surface area contributed by atoms with Crippen molar-refractivity contribution in [3.8, 4) is 0 Å². The molecule has 0 spiro atoms. The highest BCUT2D eigenvalue weighted by atomic mass is 32.2. The van der Waals surface area contributed by atoms with Crippen LogP contribution in [0, 0.1) is 11.6 Å². The topological polar surface area (TPSA) is 71.5 Å². The van der Waals surface area contributed by atoms with Gasteiger partial charge in [0.25, 0.3) is 0 Å². The van der Waals surface area contributed by atoms with Gasteiger partial charge in [-0.1, -0.05) is 24.3 Å². The van der Waals surface area contributed by atoms with Crippen LogP contribution in [0.15, 0.2) is 58.3 Å². The van der Waals surface area contributed by atoms with Gasteiger partial charge in [-0.05, 0) is 37.1 Å². The van der Waals surface area contributed by atoms with Gasteiger partial charge in [-0.2, -0.15) is 4.31 Å². The highest BCUT2D eigenvalue weighted by Crippen LogP contribution is 2.30. The normalized spacial score (nSPS) is 18.9. The van der Waals surface area contributed by atoms with Gasteiger partial charge in [0.15, 0.2) is 14.7 Å². The van der Waals surface area contributed by atoms with Gasteiger partial charge < -0.3 is 0 Å². The lowest BCUT2D eigenvalue weighted by Gasteiger charge is -2.24. The Kier molecular flexibility index (Phi) is 5.14. The van der Waals surface area contributed by atoms with E-state index in [0.717, 1.165) is 22.5 Å². The van der Waals surface area contributed by atoms with Gasteiger partial charge >= 0.3 is 0 Å². The van der Waals surface area contributed by atoms with Crippen molar-refractivity contribution in [1.82, 2.24) is 4.31 Å². The molecule has 2 aromatic rings. The quantitative estimate of drug-likeness (QED) is 0.772. The molecule has 1 aliphatic rings. The first-order chi connectivity index (χ1) is 12.2. The van der Waals surface area contributed by atoms with Crippen LogP contribution >= 0.6 is 0 Å². The zero-order valence-corrected chi connectivity index (χ0v) is 15.3. The predicted molar refractivity (Wildman–Crippen MR) is 91.8 cm³/mol. The Bertz CT molecular complexity index is 988. The van der Waals surface area contributed by atoms with E-state index in [4.69, 9.17) is 0 Å². The first-order valence-electron chi connectivity index (χ1n) is 7.97. The zero-order chi connectivity index (χ0) is 18.9. The molecular formula is C17H17F2NO4S2. The minimum atomic E-state index is -4.48. The van der Waals surface area contributed by atoms with Crippen molar-refractivity contribution in [2.45, 2.75) is 28.7 Å². The van der Waals surface area contributed by atoms with Crippen molar-refractivity contribution in [2.75, 3.05) is 12.3 Å². The van der Waals surface area contributed by atoms with Crippen molar-refractivity contribution >= 4 is 19.9 Å². The summed E-state index contributed by atoms with van der Waals surface area (Å²) in [6.07, 6.45) is 0.728. The van der Waals surface area contributed by atoms with Crippen LogP contribution in [0.1, 0.15) is 12.8 Å². The maximum atomic E-state index is 14.0. The van der Waals surface area contributed by atoms with Crippen LogP contribution in [-0.4, -0.2) is 39.5 Å². The van der Waals surface area contributed by atoms with E-state index in [2.05, 4.69) is 0 Å². The first kappa shape index (κ1) is 18.9. The number of nitrogens with zero attached hydrogens (tertiary/aromatic N) is 1. The minimum Gasteiger partial charge on any atom is -0.224 e. The molecule has 9 heteroatoms. The second-order valence-corrected chi connectivity index (χ2v) is 9.92. The molecule has 1 fully saturated rings. The lowest BCUT2D eigenvalue weighted by molar-refractivity contribution is 0.399. The van der Waals surface area contributed by atoms with E-state index in [1.807, 2.05) is 0 Å². The molecule has 0 amide bonds. The number of sulfonamides is 1. The van der Waals surface area contributed by atoms with Crippen molar-refractivity contribution in [1.29, 1.82) is 0 Å². The number of hydrogen-bond acceptors (Lipinski definition) is 4. The Morgan fingerprint density at radius 3 is 2.15 bits per heavy atom. The molecule has 1 saturated heterocycles. The molecule has 0 saturated carbocycles. The van der Waals surface area contributed by atoms with Gasteiger partial charge in [0, 0.05) is 12.6 Å². The maximum Gasteiger partial charge on any atom is 0.249 e. The third-order valence-corrected chi connectivity index (χ3v) is 8.14. The zero-order valence-electron chi connectivity index (χ0n) is 13.7. The van der Waals surface area contributed by atoms with Gasteiger partial charge in [-0.25, -0.2) is 25.6 Å². The smallest absolute Gasteiger partial charge is 0.224 e. The number of benzene rings is 2. The lowest BCUT2D eigenvalue weighted by Crippen LogP contribution is -2.40. The van der Waals surface area contributed by atoms with Crippen LogP contribution in [0.3, 0.4) is 0 Å². The summed E-state index contributed by atoms with van der Waals surface area (Å²) in [4.78, 5) is -0.953. The Balaban J connectivity index is 1.94. The molecule has 5 nitrogen and oxygen atoms in total. The van der Waals surface area contributed by atoms with E-state index in [9.17, 15) is 25.6 Å². The summed E-state index contributed by atoms with van der Waals surface area (Å²) >= 11 is 0. The molecule has 0 aliphatic carbocycles. The molecule has 26 heavy (non-hydrogen) atoms. The van der Waals surface area contributed by atoms with Crippen LogP contribution in [0.4, 0.5) is 8.78 Å². The van der Waals surface area contributed by atoms with Crippen molar-refractivity contribution in [3.63, 3.8) is 0 Å². The fourth-order valence-electron chi connectivity index (χ4n) is 3.12. The highest BCUT2D eigenvalue weighted by Gasteiger charge is 2.40. The predicted octanol–water partition coefficient (Wildman–Crippen LogP) is 2.59. The van der Waals surface area contributed by atoms with Crippen molar-refractivity contribution < 1.29 is 25.6 Å². The van der Waals surface area contributed by atoms with Gasteiger partial charge in [0.05, 0.1) is 10.6 Å². The van der Waals surface area contributed by atoms with Gasteiger partial charge in [-0.3, -0.25) is 0 Å². The molecule has 1 atom stereocenters. The Morgan fingerprint density at radius 1 is 0.923 bits per heavy atom. The Morgan fingerprint density at radius 2 is 1.54 bits per heavy atom. The van der Waals surface area contributed by atoms with E-state index in [-0.39, 0.29) is 11.4 Å². The molecule has 140 valence electrons. The third kappa shape index (κ3) is 3.51. The first-order valence-corrected chi connectivity index (χ1v) is 11.1. The average molecular weight is 401 g/mol. The minimum absolute atomic E-state index is 0.0189. The molecule has 0 N–H and O–H groups in total. The van der Waals surface area contributed by atoms with Gasteiger partial charge in [-0.15, -0.1) is 0 Å². The van der Waals surface area contributed by atoms with Crippen LogP contribution in [0.25, 0.3) is 0 Å².